The molecular weight excluding hydrogens is 372 g/mol. The molecule has 2 N–H and O–H groups in total. The standard InChI is InChI=1S/C21H26N4O4/c1-13-7-24(12-21(29-13)10-22-11-21)8-14-2-3-15-9-25(20(28)16(15)6-14)17-4-5-18(26)23-19(17)27/h2-3,6,13,17,22H,4-5,7-12H2,1H3,(H,23,26,27). The fourth-order valence-corrected chi connectivity index (χ4v) is 5.01. The Kier molecular flexibility index (Phi) is 4.45. The van der Waals surface area contributed by atoms with Crippen LogP contribution in [0.3, 0.4) is 0 Å². The van der Waals surface area contributed by atoms with E-state index < -0.39 is 6.04 Å². The van der Waals surface area contributed by atoms with Crippen molar-refractivity contribution in [2.24, 2.45) is 0 Å². The van der Waals surface area contributed by atoms with E-state index in [9.17, 15) is 14.4 Å². The van der Waals surface area contributed by atoms with E-state index in [0.29, 0.717) is 18.5 Å². The van der Waals surface area contributed by atoms with Crippen molar-refractivity contribution in [3.63, 3.8) is 0 Å². The first-order chi connectivity index (χ1) is 13.9. The van der Waals surface area contributed by atoms with Crippen LogP contribution in [0.1, 0.15) is 41.3 Å². The molecule has 0 aliphatic carbocycles. The van der Waals surface area contributed by atoms with Gasteiger partial charge in [-0.25, -0.2) is 0 Å². The molecule has 2 atom stereocenters. The van der Waals surface area contributed by atoms with Gasteiger partial charge in [-0.2, -0.15) is 0 Å². The molecule has 8 heteroatoms. The number of amides is 3. The van der Waals surface area contributed by atoms with E-state index in [1.807, 2.05) is 12.1 Å². The molecule has 2 unspecified atom stereocenters. The van der Waals surface area contributed by atoms with Crippen molar-refractivity contribution < 1.29 is 19.1 Å². The second-order valence-corrected chi connectivity index (χ2v) is 8.78. The Morgan fingerprint density at radius 3 is 2.79 bits per heavy atom. The first kappa shape index (κ1) is 18.7. The van der Waals surface area contributed by atoms with Crippen LogP contribution in [0.2, 0.25) is 0 Å². The average Bonchev–Trinajstić information content (AvgIpc) is 2.96. The van der Waals surface area contributed by atoms with Crippen LogP contribution < -0.4 is 10.6 Å². The van der Waals surface area contributed by atoms with E-state index in [0.717, 1.165) is 43.9 Å². The molecule has 0 saturated carbocycles. The van der Waals surface area contributed by atoms with Crippen molar-refractivity contribution in [3.8, 4) is 0 Å². The lowest BCUT2D eigenvalue weighted by Gasteiger charge is -2.51. The van der Waals surface area contributed by atoms with Crippen molar-refractivity contribution in [2.45, 2.75) is 50.6 Å². The number of nitrogens with one attached hydrogen (secondary N) is 2. The van der Waals surface area contributed by atoms with E-state index in [-0.39, 0.29) is 35.8 Å². The molecule has 4 aliphatic heterocycles. The van der Waals surface area contributed by atoms with E-state index in [1.54, 1.807) is 4.90 Å². The first-order valence-electron chi connectivity index (χ1n) is 10.3. The minimum atomic E-state index is -0.567. The summed E-state index contributed by atoms with van der Waals surface area (Å²) < 4.78 is 6.14. The molecule has 1 aromatic carbocycles. The first-order valence-corrected chi connectivity index (χ1v) is 10.3. The molecule has 4 heterocycles. The third-order valence-corrected chi connectivity index (χ3v) is 6.37. The number of morpholine rings is 1. The van der Waals surface area contributed by atoms with Crippen LogP contribution >= 0.6 is 0 Å². The lowest BCUT2D eigenvalue weighted by atomic mass is 9.93. The molecule has 0 aromatic heterocycles. The third kappa shape index (κ3) is 3.35. The highest BCUT2D eigenvalue weighted by Crippen LogP contribution is 2.30. The number of imide groups is 1. The smallest absolute Gasteiger partial charge is 0.255 e. The fourth-order valence-electron chi connectivity index (χ4n) is 5.01. The van der Waals surface area contributed by atoms with Gasteiger partial charge in [0, 0.05) is 51.3 Å². The van der Waals surface area contributed by atoms with E-state index in [1.165, 1.54) is 0 Å². The number of carbonyl (C=O) groups excluding carboxylic acids is 3. The van der Waals surface area contributed by atoms with Crippen LogP contribution in [-0.4, -0.2) is 71.4 Å². The number of piperidine rings is 1. The highest BCUT2D eigenvalue weighted by Gasteiger charge is 2.44. The van der Waals surface area contributed by atoms with Crippen LogP contribution in [0.4, 0.5) is 0 Å². The van der Waals surface area contributed by atoms with Gasteiger partial charge in [-0.3, -0.25) is 24.6 Å². The number of nitrogens with zero attached hydrogens (tertiary/aromatic N) is 2. The van der Waals surface area contributed by atoms with Crippen LogP contribution in [0.25, 0.3) is 0 Å². The molecule has 29 heavy (non-hydrogen) atoms. The maximum absolute atomic E-state index is 13.0. The molecule has 3 saturated heterocycles. The Morgan fingerprint density at radius 1 is 1.24 bits per heavy atom. The maximum atomic E-state index is 13.0. The Morgan fingerprint density at radius 2 is 2.07 bits per heavy atom. The molecule has 0 bridgehead atoms. The monoisotopic (exact) mass is 398 g/mol. The minimum Gasteiger partial charge on any atom is -0.367 e. The molecule has 8 nitrogen and oxygen atoms in total. The summed E-state index contributed by atoms with van der Waals surface area (Å²) in [5.41, 5.74) is 2.64. The number of ether oxygens (including phenoxy) is 1. The van der Waals surface area contributed by atoms with Crippen LogP contribution in [0.15, 0.2) is 18.2 Å². The zero-order valence-corrected chi connectivity index (χ0v) is 16.6. The average molecular weight is 398 g/mol. The summed E-state index contributed by atoms with van der Waals surface area (Å²) in [6.07, 6.45) is 0.844. The molecule has 0 radical (unpaired) electrons. The summed E-state index contributed by atoms with van der Waals surface area (Å²) in [6.45, 7) is 6.83. The largest absolute Gasteiger partial charge is 0.367 e. The number of hydrogen-bond donors (Lipinski definition) is 2. The number of fused-ring (bicyclic) bond motifs is 1. The predicted molar refractivity (Wildman–Crippen MR) is 104 cm³/mol. The van der Waals surface area contributed by atoms with Gasteiger partial charge in [0.15, 0.2) is 0 Å². The van der Waals surface area contributed by atoms with Gasteiger partial charge in [0.05, 0.1) is 6.10 Å². The summed E-state index contributed by atoms with van der Waals surface area (Å²) in [7, 11) is 0. The summed E-state index contributed by atoms with van der Waals surface area (Å²) in [5.74, 6) is -0.757. The predicted octanol–water partition coefficient (Wildman–Crippen LogP) is 0.0103. The lowest BCUT2D eigenvalue weighted by molar-refractivity contribution is -0.172. The molecular formula is C21H26N4O4. The molecule has 3 amide bonds. The Hall–Kier alpha value is -2.29. The lowest BCUT2D eigenvalue weighted by Crippen LogP contribution is -2.70. The number of carbonyl (C=O) groups is 3. The Balaban J connectivity index is 1.30. The van der Waals surface area contributed by atoms with Gasteiger partial charge in [-0.15, -0.1) is 0 Å². The van der Waals surface area contributed by atoms with Crippen molar-refractivity contribution in [1.29, 1.82) is 0 Å². The van der Waals surface area contributed by atoms with E-state index in [2.05, 4.69) is 28.5 Å². The van der Waals surface area contributed by atoms with Gasteiger partial charge in [-0.1, -0.05) is 12.1 Å². The summed E-state index contributed by atoms with van der Waals surface area (Å²) in [4.78, 5) is 40.6. The zero-order valence-electron chi connectivity index (χ0n) is 16.6. The van der Waals surface area contributed by atoms with Gasteiger partial charge in [0.2, 0.25) is 11.8 Å². The van der Waals surface area contributed by atoms with Gasteiger partial charge >= 0.3 is 0 Å². The molecule has 1 spiro atoms. The third-order valence-electron chi connectivity index (χ3n) is 6.37. The minimum absolute atomic E-state index is 0.0766. The quantitative estimate of drug-likeness (QED) is 0.697. The molecule has 5 rings (SSSR count). The molecule has 1 aromatic rings. The van der Waals surface area contributed by atoms with Crippen LogP contribution in [-0.2, 0) is 27.4 Å². The van der Waals surface area contributed by atoms with E-state index in [4.69, 9.17) is 4.74 Å². The number of benzene rings is 1. The SMILES string of the molecule is CC1CN(Cc2ccc3c(c2)C(=O)N(C2CCC(=O)NC2=O)C3)CC2(CNC2)O1. The van der Waals surface area contributed by atoms with Gasteiger partial charge in [-0.05, 0) is 30.5 Å². The number of hydrogen-bond acceptors (Lipinski definition) is 6. The van der Waals surface area contributed by atoms with E-state index >= 15 is 0 Å². The van der Waals surface area contributed by atoms with Crippen molar-refractivity contribution in [3.05, 3.63) is 34.9 Å². The maximum Gasteiger partial charge on any atom is 0.255 e. The topological polar surface area (TPSA) is 91.0 Å². The molecule has 154 valence electrons. The molecule has 3 fully saturated rings. The van der Waals surface area contributed by atoms with Crippen molar-refractivity contribution >= 4 is 17.7 Å². The second kappa shape index (κ2) is 6.90. The second-order valence-electron chi connectivity index (χ2n) is 8.78. The van der Waals surface area contributed by atoms with Gasteiger partial charge in [0.25, 0.3) is 5.91 Å². The zero-order chi connectivity index (χ0) is 20.2. The number of rotatable bonds is 3. The Labute approximate surface area is 169 Å². The van der Waals surface area contributed by atoms with Crippen molar-refractivity contribution in [2.75, 3.05) is 26.2 Å². The van der Waals surface area contributed by atoms with Crippen LogP contribution in [0.5, 0.6) is 0 Å². The Bertz CT molecular complexity index is 881. The normalized spacial score (nSPS) is 29.0. The van der Waals surface area contributed by atoms with Gasteiger partial charge < -0.3 is 15.0 Å². The molecule has 4 aliphatic rings. The van der Waals surface area contributed by atoms with Crippen molar-refractivity contribution in [1.82, 2.24) is 20.4 Å². The highest BCUT2D eigenvalue weighted by atomic mass is 16.5. The summed E-state index contributed by atoms with van der Waals surface area (Å²) in [6, 6.07) is 5.47. The fraction of sp³-hybridized carbons (Fsp3) is 0.571. The summed E-state index contributed by atoms with van der Waals surface area (Å²) in [5, 5.41) is 5.65. The van der Waals surface area contributed by atoms with Gasteiger partial charge in [0.1, 0.15) is 11.6 Å². The summed E-state index contributed by atoms with van der Waals surface area (Å²) >= 11 is 0. The highest BCUT2D eigenvalue weighted by molar-refractivity contribution is 6.05. The van der Waals surface area contributed by atoms with Crippen LogP contribution in [0, 0.1) is 0 Å².